The maximum Gasteiger partial charge on any atom is 0.257 e. The smallest absolute Gasteiger partial charge is 0.257 e. The first kappa shape index (κ1) is 12.5. The van der Waals surface area contributed by atoms with Crippen molar-refractivity contribution in [1.29, 1.82) is 0 Å². The molecule has 16 heavy (non-hydrogen) atoms. The molecule has 1 aromatic rings. The van der Waals surface area contributed by atoms with E-state index in [4.69, 9.17) is 0 Å². The summed E-state index contributed by atoms with van der Waals surface area (Å²) in [6, 6.07) is 3.59. The Kier molecular flexibility index (Phi) is 4.76. The molecule has 1 aromatic heterocycles. The van der Waals surface area contributed by atoms with E-state index in [2.05, 4.69) is 17.2 Å². The van der Waals surface area contributed by atoms with Crippen LogP contribution < -0.4 is 5.32 Å². The Morgan fingerprint density at radius 3 is 2.81 bits per heavy atom. The minimum atomic E-state index is 0.0433. The van der Waals surface area contributed by atoms with Crippen molar-refractivity contribution in [2.45, 2.75) is 20.3 Å². The lowest BCUT2D eigenvalue weighted by molar-refractivity contribution is 0.0765. The third kappa shape index (κ3) is 2.72. The van der Waals surface area contributed by atoms with Crippen LogP contribution in [-0.2, 0) is 0 Å². The molecule has 0 saturated heterocycles. The van der Waals surface area contributed by atoms with Gasteiger partial charge in [0, 0.05) is 26.3 Å². The van der Waals surface area contributed by atoms with Crippen molar-refractivity contribution in [2.75, 3.05) is 25.5 Å². The van der Waals surface area contributed by atoms with Crippen LogP contribution in [0.25, 0.3) is 0 Å². The summed E-state index contributed by atoms with van der Waals surface area (Å²) in [5, 5.41) is 2.94. The van der Waals surface area contributed by atoms with Gasteiger partial charge in [-0.3, -0.25) is 4.79 Å². The van der Waals surface area contributed by atoms with Crippen molar-refractivity contribution < 1.29 is 4.79 Å². The fourth-order valence-corrected chi connectivity index (χ4v) is 1.62. The van der Waals surface area contributed by atoms with Gasteiger partial charge < -0.3 is 10.2 Å². The molecule has 0 atom stereocenters. The summed E-state index contributed by atoms with van der Waals surface area (Å²) < 4.78 is 0. The molecule has 1 rings (SSSR count). The van der Waals surface area contributed by atoms with E-state index in [1.54, 1.807) is 25.4 Å². The van der Waals surface area contributed by atoms with Crippen LogP contribution >= 0.6 is 0 Å². The zero-order valence-corrected chi connectivity index (χ0v) is 10.2. The van der Waals surface area contributed by atoms with Gasteiger partial charge in [-0.05, 0) is 25.5 Å². The number of aromatic nitrogens is 1. The normalized spacial score (nSPS) is 9.94. The van der Waals surface area contributed by atoms with Gasteiger partial charge in [-0.1, -0.05) is 6.92 Å². The number of pyridine rings is 1. The van der Waals surface area contributed by atoms with Crippen molar-refractivity contribution in [2.24, 2.45) is 0 Å². The highest BCUT2D eigenvalue weighted by atomic mass is 16.2. The number of amides is 1. The fourth-order valence-electron chi connectivity index (χ4n) is 1.62. The van der Waals surface area contributed by atoms with Crippen LogP contribution in [0.15, 0.2) is 18.3 Å². The van der Waals surface area contributed by atoms with Crippen LogP contribution in [0.1, 0.15) is 30.6 Å². The zero-order chi connectivity index (χ0) is 12.0. The lowest BCUT2D eigenvalue weighted by Crippen LogP contribution is -2.32. The number of nitrogens with zero attached hydrogens (tertiary/aromatic N) is 2. The second kappa shape index (κ2) is 6.10. The highest BCUT2D eigenvalue weighted by molar-refractivity contribution is 5.98. The average Bonchev–Trinajstić information content (AvgIpc) is 2.35. The van der Waals surface area contributed by atoms with Crippen molar-refractivity contribution in [1.82, 2.24) is 9.88 Å². The Labute approximate surface area is 96.7 Å². The summed E-state index contributed by atoms with van der Waals surface area (Å²) in [6.45, 7) is 5.57. The van der Waals surface area contributed by atoms with Crippen molar-refractivity contribution in [3.05, 3.63) is 23.9 Å². The Bertz CT molecular complexity index is 352. The highest BCUT2D eigenvalue weighted by Gasteiger charge is 2.16. The van der Waals surface area contributed by atoms with Crippen molar-refractivity contribution >= 4 is 11.7 Å². The van der Waals surface area contributed by atoms with E-state index in [0.29, 0.717) is 11.4 Å². The van der Waals surface area contributed by atoms with Crippen molar-refractivity contribution in [3.8, 4) is 0 Å². The van der Waals surface area contributed by atoms with Crippen LogP contribution in [0.2, 0.25) is 0 Å². The van der Waals surface area contributed by atoms with E-state index in [1.165, 1.54) is 0 Å². The lowest BCUT2D eigenvalue weighted by Gasteiger charge is -2.21. The second-order valence-electron chi connectivity index (χ2n) is 3.53. The monoisotopic (exact) mass is 221 g/mol. The van der Waals surface area contributed by atoms with E-state index < -0.39 is 0 Å². The van der Waals surface area contributed by atoms with E-state index >= 15 is 0 Å². The molecule has 4 heteroatoms. The molecule has 1 heterocycles. The molecular formula is C12H19N3O. The predicted octanol–water partition coefficient (Wildman–Crippen LogP) is 2.00. The van der Waals surface area contributed by atoms with Gasteiger partial charge in [0.25, 0.3) is 5.91 Å². The van der Waals surface area contributed by atoms with Gasteiger partial charge in [-0.15, -0.1) is 0 Å². The van der Waals surface area contributed by atoms with Crippen LogP contribution in [-0.4, -0.2) is 35.9 Å². The first-order valence-electron chi connectivity index (χ1n) is 5.66. The summed E-state index contributed by atoms with van der Waals surface area (Å²) in [6.07, 6.45) is 2.65. The third-order valence-corrected chi connectivity index (χ3v) is 2.44. The van der Waals surface area contributed by atoms with E-state index in [0.717, 1.165) is 19.5 Å². The number of carbonyl (C=O) groups is 1. The number of hydrogen-bond donors (Lipinski definition) is 1. The Hall–Kier alpha value is -1.58. The van der Waals surface area contributed by atoms with Gasteiger partial charge in [0.05, 0.1) is 5.56 Å². The molecule has 0 spiro atoms. The molecule has 0 bridgehead atoms. The summed E-state index contributed by atoms with van der Waals surface area (Å²) in [7, 11) is 1.77. The van der Waals surface area contributed by atoms with Crippen LogP contribution in [0.4, 0.5) is 5.82 Å². The number of rotatable bonds is 5. The molecule has 0 radical (unpaired) electrons. The van der Waals surface area contributed by atoms with Crippen LogP contribution in [0.3, 0.4) is 0 Å². The topological polar surface area (TPSA) is 45.2 Å². The molecule has 0 aliphatic rings. The molecule has 0 aliphatic carbocycles. The molecule has 1 N–H and O–H groups in total. The van der Waals surface area contributed by atoms with E-state index in [9.17, 15) is 4.79 Å². The fraction of sp³-hybridized carbons (Fsp3) is 0.500. The first-order chi connectivity index (χ1) is 7.74. The molecule has 1 amide bonds. The quantitative estimate of drug-likeness (QED) is 0.827. The first-order valence-corrected chi connectivity index (χ1v) is 5.66. The Morgan fingerprint density at radius 1 is 1.50 bits per heavy atom. The third-order valence-electron chi connectivity index (χ3n) is 2.44. The number of anilines is 1. The van der Waals surface area contributed by atoms with Crippen LogP contribution in [0, 0.1) is 0 Å². The summed E-state index contributed by atoms with van der Waals surface area (Å²) in [5.41, 5.74) is 0.639. The molecular weight excluding hydrogens is 202 g/mol. The summed E-state index contributed by atoms with van der Waals surface area (Å²) in [5.74, 6) is 0.684. The molecule has 0 aromatic carbocycles. The van der Waals surface area contributed by atoms with Gasteiger partial charge >= 0.3 is 0 Å². The van der Waals surface area contributed by atoms with Gasteiger partial charge in [-0.25, -0.2) is 4.98 Å². The summed E-state index contributed by atoms with van der Waals surface area (Å²) in [4.78, 5) is 18.2. The molecule has 0 fully saturated rings. The van der Waals surface area contributed by atoms with Gasteiger partial charge in [0.2, 0.25) is 0 Å². The maximum absolute atomic E-state index is 12.2. The van der Waals surface area contributed by atoms with Gasteiger partial charge in [0.1, 0.15) is 5.82 Å². The van der Waals surface area contributed by atoms with Crippen molar-refractivity contribution in [3.63, 3.8) is 0 Å². The largest absolute Gasteiger partial charge is 0.372 e. The number of carbonyl (C=O) groups excluding carboxylic acids is 1. The minimum absolute atomic E-state index is 0.0433. The molecule has 0 unspecified atom stereocenters. The second-order valence-corrected chi connectivity index (χ2v) is 3.53. The average molecular weight is 221 g/mol. The Balaban J connectivity index is 2.93. The SMILES string of the molecule is CCCN(CC)C(=O)c1cccnc1NC. The van der Waals surface area contributed by atoms with Crippen LogP contribution in [0.5, 0.6) is 0 Å². The molecule has 88 valence electrons. The predicted molar refractivity (Wildman–Crippen MR) is 65.7 cm³/mol. The standard InChI is InChI=1S/C12H19N3O/c1-4-9-15(5-2)12(16)10-7-6-8-14-11(10)13-3/h6-8H,4-5,9H2,1-3H3,(H,13,14). The number of hydrogen-bond acceptors (Lipinski definition) is 3. The van der Waals surface area contributed by atoms with Gasteiger partial charge in [0.15, 0.2) is 0 Å². The number of nitrogens with one attached hydrogen (secondary N) is 1. The maximum atomic E-state index is 12.2. The van der Waals surface area contributed by atoms with Gasteiger partial charge in [-0.2, -0.15) is 0 Å². The lowest BCUT2D eigenvalue weighted by atomic mass is 10.2. The Morgan fingerprint density at radius 2 is 2.25 bits per heavy atom. The molecule has 4 nitrogen and oxygen atoms in total. The zero-order valence-electron chi connectivity index (χ0n) is 10.2. The summed E-state index contributed by atoms with van der Waals surface area (Å²) >= 11 is 0. The molecule has 0 saturated carbocycles. The highest BCUT2D eigenvalue weighted by Crippen LogP contribution is 2.13. The minimum Gasteiger partial charge on any atom is -0.372 e. The molecule has 0 aliphatic heterocycles. The van der Waals surface area contributed by atoms with E-state index in [1.807, 2.05) is 11.8 Å². The van der Waals surface area contributed by atoms with E-state index in [-0.39, 0.29) is 5.91 Å².